The van der Waals surface area contributed by atoms with Crippen LogP contribution in [0.3, 0.4) is 0 Å². The number of likely N-dealkylation sites (tertiary alicyclic amines) is 1. The van der Waals surface area contributed by atoms with Crippen LogP contribution in [-0.2, 0) is 28.8 Å². The fourth-order valence-corrected chi connectivity index (χ4v) is 3.69. The second kappa shape index (κ2) is 7.28. The van der Waals surface area contributed by atoms with Crippen LogP contribution < -0.4 is 0 Å². The van der Waals surface area contributed by atoms with E-state index in [1.807, 2.05) is 11.8 Å². The van der Waals surface area contributed by atoms with Crippen LogP contribution in [-0.4, -0.2) is 36.6 Å². The Hall–Kier alpha value is -1.35. The zero-order valence-electron chi connectivity index (χ0n) is 13.6. The largest absolute Gasteiger partial charge is 0.378 e. The number of nitrogens with zero attached hydrogens (tertiary/aromatic N) is 1. The van der Waals surface area contributed by atoms with E-state index < -0.39 is 0 Å². The topological polar surface area (TPSA) is 29.5 Å². The second-order valence-electron chi connectivity index (χ2n) is 6.52. The van der Waals surface area contributed by atoms with Crippen molar-refractivity contribution in [2.24, 2.45) is 0 Å². The van der Waals surface area contributed by atoms with Crippen LogP contribution in [0.2, 0.25) is 0 Å². The molecule has 0 atom stereocenters. The number of ether oxygens (including phenoxy) is 1. The van der Waals surface area contributed by atoms with Crippen molar-refractivity contribution in [2.45, 2.75) is 58.0 Å². The van der Waals surface area contributed by atoms with Gasteiger partial charge in [-0.15, -0.1) is 0 Å². The molecule has 0 radical (unpaired) electrons. The number of rotatable bonds is 4. The van der Waals surface area contributed by atoms with Crippen molar-refractivity contribution >= 4 is 5.91 Å². The Morgan fingerprint density at radius 3 is 2.64 bits per heavy atom. The van der Waals surface area contributed by atoms with E-state index in [0.29, 0.717) is 12.5 Å². The molecule has 1 heterocycles. The fraction of sp³-hybridized carbons (Fsp3) is 0.632. The number of aryl methyl sites for hydroxylation is 2. The Labute approximate surface area is 133 Å². The molecule has 1 aromatic rings. The van der Waals surface area contributed by atoms with Gasteiger partial charge in [-0.1, -0.05) is 18.2 Å². The first-order chi connectivity index (χ1) is 10.8. The maximum absolute atomic E-state index is 12.5. The van der Waals surface area contributed by atoms with Gasteiger partial charge in [0.1, 0.15) is 0 Å². The summed E-state index contributed by atoms with van der Waals surface area (Å²) in [6.45, 7) is 4.49. The molecule has 1 aromatic carbocycles. The van der Waals surface area contributed by atoms with Gasteiger partial charge in [0.05, 0.1) is 12.5 Å². The molecular weight excluding hydrogens is 274 g/mol. The zero-order chi connectivity index (χ0) is 15.4. The Morgan fingerprint density at radius 2 is 1.91 bits per heavy atom. The maximum Gasteiger partial charge on any atom is 0.226 e. The number of fused-ring (bicyclic) bond motifs is 1. The van der Waals surface area contributed by atoms with E-state index in [2.05, 4.69) is 18.2 Å². The molecule has 3 rings (SSSR count). The van der Waals surface area contributed by atoms with Gasteiger partial charge in [0.15, 0.2) is 0 Å². The van der Waals surface area contributed by atoms with Gasteiger partial charge in [-0.25, -0.2) is 0 Å². The van der Waals surface area contributed by atoms with Crippen LogP contribution in [0.25, 0.3) is 0 Å². The van der Waals surface area contributed by atoms with Gasteiger partial charge in [0.25, 0.3) is 0 Å². The lowest BCUT2D eigenvalue weighted by Gasteiger charge is -2.32. The summed E-state index contributed by atoms with van der Waals surface area (Å²) in [4.78, 5) is 14.5. The van der Waals surface area contributed by atoms with Gasteiger partial charge >= 0.3 is 0 Å². The van der Waals surface area contributed by atoms with Crippen molar-refractivity contribution < 1.29 is 9.53 Å². The highest BCUT2D eigenvalue weighted by Crippen LogP contribution is 2.23. The summed E-state index contributed by atoms with van der Waals surface area (Å²) in [5.74, 6) is 0.269. The first-order valence-electron chi connectivity index (χ1n) is 8.76. The number of carbonyl (C=O) groups excluding carboxylic acids is 1. The molecular formula is C19H27NO2. The predicted molar refractivity (Wildman–Crippen MR) is 88.0 cm³/mol. The van der Waals surface area contributed by atoms with E-state index in [1.54, 1.807) is 0 Å². The van der Waals surface area contributed by atoms with E-state index in [4.69, 9.17) is 4.74 Å². The Balaban J connectivity index is 1.56. The van der Waals surface area contributed by atoms with Crippen molar-refractivity contribution in [3.8, 4) is 0 Å². The number of hydrogen-bond acceptors (Lipinski definition) is 2. The van der Waals surface area contributed by atoms with Gasteiger partial charge in [-0.05, 0) is 62.1 Å². The second-order valence-corrected chi connectivity index (χ2v) is 6.52. The molecule has 3 heteroatoms. The van der Waals surface area contributed by atoms with Gasteiger partial charge in [-0.3, -0.25) is 4.79 Å². The van der Waals surface area contributed by atoms with Crippen LogP contribution in [0.15, 0.2) is 18.2 Å². The number of hydrogen-bond donors (Lipinski definition) is 0. The third kappa shape index (κ3) is 3.70. The molecule has 22 heavy (non-hydrogen) atoms. The molecule has 2 aliphatic rings. The molecule has 1 fully saturated rings. The van der Waals surface area contributed by atoms with Crippen molar-refractivity contribution in [2.75, 3.05) is 19.7 Å². The number of piperidine rings is 1. The maximum atomic E-state index is 12.5. The quantitative estimate of drug-likeness (QED) is 0.855. The lowest BCUT2D eigenvalue weighted by molar-refractivity contribution is -0.133. The summed E-state index contributed by atoms with van der Waals surface area (Å²) in [6.07, 6.45) is 7.82. The number of benzene rings is 1. The molecule has 0 aromatic heterocycles. The minimum atomic E-state index is 0.269. The molecule has 0 N–H and O–H groups in total. The van der Waals surface area contributed by atoms with E-state index >= 15 is 0 Å². The van der Waals surface area contributed by atoms with E-state index in [-0.39, 0.29) is 5.91 Å². The predicted octanol–water partition coefficient (Wildman–Crippen LogP) is 3.14. The van der Waals surface area contributed by atoms with Crippen LogP contribution in [0.4, 0.5) is 0 Å². The minimum absolute atomic E-state index is 0.269. The SMILES string of the molecule is CCOC1CCN(C(=O)Cc2ccc3c(c2)CCCC3)CC1. The lowest BCUT2D eigenvalue weighted by atomic mass is 9.90. The average molecular weight is 301 g/mol. The third-order valence-electron chi connectivity index (χ3n) is 4.97. The summed E-state index contributed by atoms with van der Waals surface area (Å²) in [5, 5.41) is 0. The monoisotopic (exact) mass is 301 g/mol. The first kappa shape index (κ1) is 15.5. The number of carbonyl (C=O) groups is 1. The Bertz CT molecular complexity index is 518. The van der Waals surface area contributed by atoms with Crippen LogP contribution in [0.1, 0.15) is 49.3 Å². The number of amides is 1. The zero-order valence-corrected chi connectivity index (χ0v) is 13.6. The highest BCUT2D eigenvalue weighted by atomic mass is 16.5. The smallest absolute Gasteiger partial charge is 0.226 e. The van der Waals surface area contributed by atoms with Gasteiger partial charge in [0, 0.05) is 19.7 Å². The normalized spacial score (nSPS) is 19.0. The summed E-state index contributed by atoms with van der Waals surface area (Å²) in [6, 6.07) is 6.65. The molecule has 0 bridgehead atoms. The molecule has 3 nitrogen and oxygen atoms in total. The van der Waals surface area contributed by atoms with Gasteiger partial charge in [0.2, 0.25) is 5.91 Å². The highest BCUT2D eigenvalue weighted by molar-refractivity contribution is 5.79. The minimum Gasteiger partial charge on any atom is -0.378 e. The third-order valence-corrected chi connectivity index (χ3v) is 4.97. The Morgan fingerprint density at radius 1 is 1.18 bits per heavy atom. The Kier molecular flexibility index (Phi) is 5.14. The van der Waals surface area contributed by atoms with E-state index in [1.165, 1.54) is 42.4 Å². The van der Waals surface area contributed by atoms with E-state index in [9.17, 15) is 4.79 Å². The van der Waals surface area contributed by atoms with Crippen LogP contribution in [0, 0.1) is 0 Å². The standard InChI is InChI=1S/C19H27NO2/c1-2-22-18-9-11-20(12-10-18)19(21)14-15-7-8-16-5-3-4-6-17(16)13-15/h7-8,13,18H,2-6,9-12,14H2,1H3. The molecule has 0 saturated carbocycles. The van der Waals surface area contributed by atoms with Crippen molar-refractivity contribution in [3.63, 3.8) is 0 Å². The molecule has 1 amide bonds. The van der Waals surface area contributed by atoms with E-state index in [0.717, 1.165) is 32.5 Å². The average Bonchev–Trinajstić information content (AvgIpc) is 2.56. The summed E-state index contributed by atoms with van der Waals surface area (Å²) >= 11 is 0. The van der Waals surface area contributed by atoms with Crippen LogP contribution in [0.5, 0.6) is 0 Å². The molecule has 0 unspecified atom stereocenters. The molecule has 1 saturated heterocycles. The van der Waals surface area contributed by atoms with Crippen molar-refractivity contribution in [3.05, 3.63) is 34.9 Å². The highest BCUT2D eigenvalue weighted by Gasteiger charge is 2.23. The summed E-state index contributed by atoms with van der Waals surface area (Å²) in [5.41, 5.74) is 4.13. The fourth-order valence-electron chi connectivity index (χ4n) is 3.69. The summed E-state index contributed by atoms with van der Waals surface area (Å²) in [7, 11) is 0. The first-order valence-corrected chi connectivity index (χ1v) is 8.76. The lowest BCUT2D eigenvalue weighted by Crippen LogP contribution is -2.41. The molecule has 0 spiro atoms. The molecule has 1 aliphatic carbocycles. The van der Waals surface area contributed by atoms with Crippen LogP contribution >= 0.6 is 0 Å². The molecule has 1 aliphatic heterocycles. The van der Waals surface area contributed by atoms with Gasteiger partial charge in [-0.2, -0.15) is 0 Å². The van der Waals surface area contributed by atoms with Crippen molar-refractivity contribution in [1.29, 1.82) is 0 Å². The summed E-state index contributed by atoms with van der Waals surface area (Å²) < 4.78 is 5.65. The molecule has 120 valence electrons. The van der Waals surface area contributed by atoms with Gasteiger partial charge < -0.3 is 9.64 Å². The van der Waals surface area contributed by atoms with Crippen molar-refractivity contribution in [1.82, 2.24) is 4.90 Å².